The van der Waals surface area contributed by atoms with E-state index in [0.29, 0.717) is 0 Å². The van der Waals surface area contributed by atoms with Gasteiger partial charge in [0.15, 0.2) is 0 Å². The van der Waals surface area contributed by atoms with Crippen LogP contribution in [0.25, 0.3) is 0 Å². The molecule has 0 fully saturated rings. The molecule has 0 aliphatic carbocycles. The number of benzene rings is 1. The Balaban J connectivity index is 2.59. The Labute approximate surface area is 183 Å². The SMILES string of the molecule is CCCCCCCCCCCCc1cc(C[N+](C)(C)C)c(C)cc1C[N+](C)(C)C. The molecule has 168 valence electrons. The quantitative estimate of drug-likeness (QED) is 0.221. The molecule has 2 heteroatoms. The Morgan fingerprint density at radius 1 is 0.552 bits per heavy atom. The molecule has 29 heavy (non-hydrogen) atoms. The van der Waals surface area contributed by atoms with Gasteiger partial charge in [-0.1, -0.05) is 64.7 Å². The Bertz CT molecular complexity index is 575. The van der Waals surface area contributed by atoms with Gasteiger partial charge >= 0.3 is 0 Å². The zero-order valence-corrected chi connectivity index (χ0v) is 21.2. The first kappa shape index (κ1) is 26.2. The maximum absolute atomic E-state index is 2.54. The second-order valence-electron chi connectivity index (χ2n) is 11.4. The first-order chi connectivity index (χ1) is 13.5. The number of quaternary nitrogens is 2. The average Bonchev–Trinajstić information content (AvgIpc) is 2.57. The zero-order valence-electron chi connectivity index (χ0n) is 21.2. The number of hydrogen-bond acceptors (Lipinski definition) is 0. The number of nitrogens with zero attached hydrogens (tertiary/aromatic N) is 2. The van der Waals surface area contributed by atoms with Crippen molar-refractivity contribution in [3.05, 3.63) is 34.4 Å². The van der Waals surface area contributed by atoms with Gasteiger partial charge in [-0.2, -0.15) is 0 Å². The van der Waals surface area contributed by atoms with Crippen molar-refractivity contribution in [1.29, 1.82) is 0 Å². The molecular weight excluding hydrogens is 352 g/mol. The van der Waals surface area contributed by atoms with E-state index in [2.05, 4.69) is 68.3 Å². The van der Waals surface area contributed by atoms with Gasteiger partial charge in [-0.15, -0.1) is 0 Å². The highest BCUT2D eigenvalue weighted by Gasteiger charge is 2.17. The molecule has 0 amide bonds. The fraction of sp³-hybridized carbons (Fsp3) is 0.778. The van der Waals surface area contributed by atoms with Crippen molar-refractivity contribution >= 4 is 0 Å². The van der Waals surface area contributed by atoms with E-state index < -0.39 is 0 Å². The minimum atomic E-state index is 0.993. The summed E-state index contributed by atoms with van der Waals surface area (Å²) in [6.45, 7) is 6.83. The van der Waals surface area contributed by atoms with Crippen molar-refractivity contribution < 1.29 is 8.97 Å². The smallest absolute Gasteiger partial charge is 0.104 e. The molecule has 0 bridgehead atoms. The van der Waals surface area contributed by atoms with Crippen molar-refractivity contribution in [1.82, 2.24) is 0 Å². The summed E-state index contributed by atoms with van der Waals surface area (Å²) in [7, 11) is 13.8. The normalized spacial score (nSPS) is 12.6. The lowest BCUT2D eigenvalue weighted by molar-refractivity contribution is -0.884. The lowest BCUT2D eigenvalue weighted by atomic mass is 9.94. The molecule has 0 atom stereocenters. The zero-order chi connectivity index (χ0) is 21.9. The van der Waals surface area contributed by atoms with Gasteiger partial charge in [0.05, 0.1) is 42.3 Å². The van der Waals surface area contributed by atoms with E-state index in [0.717, 1.165) is 22.1 Å². The first-order valence-electron chi connectivity index (χ1n) is 12.2. The number of rotatable bonds is 15. The standard InChI is InChI=1S/C27H52N2/c1-9-10-11-12-13-14-15-16-17-18-19-25-21-26(22-28(3,4)5)24(2)20-27(25)23-29(6,7)8/h20-21H,9-19,22-23H2,1-8H3/q+2. The fourth-order valence-corrected chi connectivity index (χ4v) is 4.24. The van der Waals surface area contributed by atoms with Gasteiger partial charge < -0.3 is 8.97 Å². The highest BCUT2D eigenvalue weighted by molar-refractivity contribution is 5.37. The molecular formula is C27H52N2+2. The molecule has 0 unspecified atom stereocenters. The van der Waals surface area contributed by atoms with Crippen LogP contribution in [0.3, 0.4) is 0 Å². The molecule has 2 nitrogen and oxygen atoms in total. The predicted molar refractivity (Wildman–Crippen MR) is 130 cm³/mol. The minimum absolute atomic E-state index is 0.993. The van der Waals surface area contributed by atoms with Crippen LogP contribution in [0, 0.1) is 6.92 Å². The van der Waals surface area contributed by atoms with Crippen LogP contribution in [0.1, 0.15) is 93.4 Å². The highest BCUT2D eigenvalue weighted by Crippen LogP contribution is 2.23. The summed E-state index contributed by atoms with van der Waals surface area (Å²) in [5, 5.41) is 0. The Morgan fingerprint density at radius 3 is 1.48 bits per heavy atom. The van der Waals surface area contributed by atoms with Crippen molar-refractivity contribution in [2.24, 2.45) is 0 Å². The molecule has 0 saturated carbocycles. The van der Waals surface area contributed by atoms with E-state index in [9.17, 15) is 0 Å². The molecule has 1 aromatic carbocycles. The first-order valence-corrected chi connectivity index (χ1v) is 12.2. The number of unbranched alkanes of at least 4 members (excludes halogenated alkanes) is 9. The molecule has 0 radical (unpaired) electrons. The highest BCUT2D eigenvalue weighted by atomic mass is 15.3. The Hall–Kier alpha value is -0.860. The summed E-state index contributed by atoms with van der Waals surface area (Å²) in [5.74, 6) is 0. The van der Waals surface area contributed by atoms with Crippen LogP contribution in [0.2, 0.25) is 0 Å². The lowest BCUT2D eigenvalue weighted by Gasteiger charge is -2.28. The number of hydrogen-bond donors (Lipinski definition) is 0. The summed E-state index contributed by atoms with van der Waals surface area (Å²) in [6.07, 6.45) is 15.4. The van der Waals surface area contributed by atoms with E-state index in [1.165, 1.54) is 81.8 Å². The summed E-state index contributed by atoms with van der Waals surface area (Å²) in [5.41, 5.74) is 6.17. The third kappa shape index (κ3) is 12.4. The van der Waals surface area contributed by atoms with Crippen LogP contribution in [0.15, 0.2) is 12.1 Å². The molecule has 0 aliphatic rings. The van der Waals surface area contributed by atoms with Gasteiger partial charge in [0.1, 0.15) is 13.1 Å². The minimum Gasteiger partial charge on any atom is -0.327 e. The average molecular weight is 405 g/mol. The second kappa shape index (κ2) is 12.7. The summed E-state index contributed by atoms with van der Waals surface area (Å²) in [6, 6.07) is 5.03. The van der Waals surface area contributed by atoms with Crippen LogP contribution in [-0.2, 0) is 19.5 Å². The van der Waals surface area contributed by atoms with Crippen LogP contribution in [-0.4, -0.2) is 51.3 Å². The lowest BCUT2D eigenvalue weighted by Crippen LogP contribution is -2.35. The van der Waals surface area contributed by atoms with Crippen molar-refractivity contribution in [3.8, 4) is 0 Å². The Kier molecular flexibility index (Phi) is 11.5. The van der Waals surface area contributed by atoms with E-state index in [4.69, 9.17) is 0 Å². The monoisotopic (exact) mass is 404 g/mol. The number of aryl methyl sites for hydroxylation is 2. The summed E-state index contributed by atoms with van der Waals surface area (Å²) >= 11 is 0. The molecule has 0 heterocycles. The molecule has 0 aliphatic heterocycles. The van der Waals surface area contributed by atoms with Crippen molar-refractivity contribution in [2.75, 3.05) is 42.3 Å². The summed E-state index contributed by atoms with van der Waals surface area (Å²) < 4.78 is 1.99. The van der Waals surface area contributed by atoms with Gasteiger partial charge in [-0.3, -0.25) is 0 Å². The molecule has 1 aromatic rings. The van der Waals surface area contributed by atoms with Gasteiger partial charge in [0.25, 0.3) is 0 Å². The Morgan fingerprint density at radius 2 is 1.00 bits per heavy atom. The predicted octanol–water partition coefficient (Wildman–Crippen LogP) is 6.87. The maximum atomic E-state index is 2.54. The van der Waals surface area contributed by atoms with Crippen LogP contribution in [0.4, 0.5) is 0 Å². The molecule has 1 rings (SSSR count). The van der Waals surface area contributed by atoms with Crippen molar-refractivity contribution in [2.45, 2.75) is 97.6 Å². The van der Waals surface area contributed by atoms with Crippen LogP contribution >= 0.6 is 0 Å². The fourth-order valence-electron chi connectivity index (χ4n) is 4.24. The molecule has 0 aromatic heterocycles. The van der Waals surface area contributed by atoms with Crippen LogP contribution in [0.5, 0.6) is 0 Å². The molecule has 0 saturated heterocycles. The van der Waals surface area contributed by atoms with Gasteiger partial charge in [-0.25, -0.2) is 0 Å². The van der Waals surface area contributed by atoms with E-state index in [1.807, 2.05) is 0 Å². The maximum Gasteiger partial charge on any atom is 0.104 e. The van der Waals surface area contributed by atoms with Gasteiger partial charge in [0, 0.05) is 11.1 Å². The largest absolute Gasteiger partial charge is 0.327 e. The molecule has 0 N–H and O–H groups in total. The van der Waals surface area contributed by atoms with E-state index in [-0.39, 0.29) is 0 Å². The van der Waals surface area contributed by atoms with Gasteiger partial charge in [-0.05, 0) is 43.0 Å². The van der Waals surface area contributed by atoms with E-state index in [1.54, 1.807) is 11.1 Å². The topological polar surface area (TPSA) is 0 Å². The molecule has 0 spiro atoms. The summed E-state index contributed by atoms with van der Waals surface area (Å²) in [4.78, 5) is 0. The third-order valence-electron chi connectivity index (χ3n) is 5.75. The van der Waals surface area contributed by atoms with E-state index >= 15 is 0 Å². The van der Waals surface area contributed by atoms with Gasteiger partial charge in [0.2, 0.25) is 0 Å². The van der Waals surface area contributed by atoms with Crippen LogP contribution < -0.4 is 0 Å². The second-order valence-corrected chi connectivity index (χ2v) is 11.4. The van der Waals surface area contributed by atoms with Crippen molar-refractivity contribution in [3.63, 3.8) is 0 Å². The third-order valence-corrected chi connectivity index (χ3v) is 5.75.